The van der Waals surface area contributed by atoms with Gasteiger partial charge in [0.1, 0.15) is 12.4 Å². The fraction of sp³-hybridized carbons (Fsp3) is 0.136. The molecule has 0 fully saturated rings. The Labute approximate surface area is 166 Å². The maximum absolute atomic E-state index is 5.96. The molecular weight excluding hydrogens is 406 g/mol. The second-order valence-corrected chi connectivity index (χ2v) is 7.97. The molecule has 0 aliphatic carbocycles. The van der Waals surface area contributed by atoms with Gasteiger partial charge in [0.2, 0.25) is 0 Å². The van der Waals surface area contributed by atoms with Gasteiger partial charge >= 0.3 is 0 Å². The van der Waals surface area contributed by atoms with Crippen LogP contribution in [0.5, 0.6) is 5.75 Å². The highest BCUT2D eigenvalue weighted by atomic mass is 79.9. The first-order chi connectivity index (χ1) is 12.8. The summed E-state index contributed by atoms with van der Waals surface area (Å²) in [6.45, 7) is 1.41. The summed E-state index contributed by atoms with van der Waals surface area (Å²) in [5.41, 5.74) is 4.73. The molecule has 0 spiro atoms. The highest BCUT2D eigenvalue weighted by molar-refractivity contribution is 9.10. The van der Waals surface area contributed by atoms with E-state index in [1.165, 1.54) is 21.6 Å². The standard InChI is InChI=1S/C22H18BrNOS/c23-18-13-20(26-15-18)7-9-22-21-8-6-19(12-17(21)10-11-24-22)25-14-16-4-2-1-3-5-16/h1-9,12-13,15H,10-11,14H2. The maximum Gasteiger partial charge on any atom is 0.120 e. The van der Waals surface area contributed by atoms with E-state index in [9.17, 15) is 0 Å². The van der Waals surface area contributed by atoms with Crippen LogP contribution in [0.4, 0.5) is 0 Å². The van der Waals surface area contributed by atoms with Crippen LogP contribution in [-0.2, 0) is 13.0 Å². The van der Waals surface area contributed by atoms with Gasteiger partial charge in [-0.1, -0.05) is 30.3 Å². The van der Waals surface area contributed by atoms with Crippen LogP contribution in [-0.4, -0.2) is 12.3 Å². The number of allylic oxidation sites excluding steroid dienone is 1. The summed E-state index contributed by atoms with van der Waals surface area (Å²) in [7, 11) is 0. The van der Waals surface area contributed by atoms with Crippen LogP contribution in [0.3, 0.4) is 0 Å². The molecule has 130 valence electrons. The van der Waals surface area contributed by atoms with Crippen LogP contribution in [0.15, 0.2) is 75.5 Å². The van der Waals surface area contributed by atoms with E-state index in [1.807, 2.05) is 24.3 Å². The minimum absolute atomic E-state index is 0.591. The van der Waals surface area contributed by atoms with Gasteiger partial charge in [0.25, 0.3) is 0 Å². The summed E-state index contributed by atoms with van der Waals surface area (Å²) in [4.78, 5) is 5.91. The van der Waals surface area contributed by atoms with Crippen LogP contribution in [0.25, 0.3) is 6.08 Å². The summed E-state index contributed by atoms with van der Waals surface area (Å²) in [6.07, 6.45) is 5.20. The SMILES string of the molecule is Brc1csc(C=CC2=NCCc3cc(OCc4ccccc4)ccc32)c1. The highest BCUT2D eigenvalue weighted by Crippen LogP contribution is 2.25. The molecule has 0 bridgehead atoms. The molecule has 4 rings (SSSR count). The van der Waals surface area contributed by atoms with Crippen molar-refractivity contribution >= 4 is 39.1 Å². The lowest BCUT2D eigenvalue weighted by atomic mass is 9.97. The second kappa shape index (κ2) is 8.02. The molecule has 0 saturated carbocycles. The third-order valence-corrected chi connectivity index (χ3v) is 5.92. The van der Waals surface area contributed by atoms with Gasteiger partial charge in [-0.3, -0.25) is 4.99 Å². The molecule has 0 atom stereocenters. The topological polar surface area (TPSA) is 21.6 Å². The predicted octanol–water partition coefficient (Wildman–Crippen LogP) is 6.15. The van der Waals surface area contributed by atoms with Gasteiger partial charge in [0.15, 0.2) is 0 Å². The Kier molecular flexibility index (Phi) is 5.32. The van der Waals surface area contributed by atoms with Crippen LogP contribution in [0.2, 0.25) is 0 Å². The lowest BCUT2D eigenvalue weighted by Crippen LogP contribution is -2.11. The molecule has 2 heterocycles. The van der Waals surface area contributed by atoms with Gasteiger partial charge in [-0.25, -0.2) is 0 Å². The van der Waals surface area contributed by atoms with E-state index in [0.29, 0.717) is 6.61 Å². The summed E-state index contributed by atoms with van der Waals surface area (Å²) < 4.78 is 7.08. The third kappa shape index (κ3) is 4.14. The Morgan fingerprint density at radius 2 is 1.96 bits per heavy atom. The van der Waals surface area contributed by atoms with E-state index in [1.54, 1.807) is 11.3 Å². The Morgan fingerprint density at radius 1 is 1.08 bits per heavy atom. The minimum atomic E-state index is 0.591. The molecule has 4 heteroatoms. The van der Waals surface area contributed by atoms with Crippen molar-refractivity contribution in [3.05, 3.63) is 92.1 Å². The van der Waals surface area contributed by atoms with Crippen molar-refractivity contribution in [1.29, 1.82) is 0 Å². The quantitative estimate of drug-likeness (QED) is 0.482. The fourth-order valence-corrected chi connectivity index (χ4v) is 4.30. The molecule has 1 aliphatic rings. The van der Waals surface area contributed by atoms with Crippen LogP contribution < -0.4 is 4.74 Å². The lowest BCUT2D eigenvalue weighted by molar-refractivity contribution is 0.306. The highest BCUT2D eigenvalue weighted by Gasteiger charge is 2.13. The van der Waals surface area contributed by atoms with Gasteiger partial charge in [-0.15, -0.1) is 11.3 Å². The molecule has 1 aliphatic heterocycles. The number of fused-ring (bicyclic) bond motifs is 1. The van der Waals surface area contributed by atoms with E-state index >= 15 is 0 Å². The number of halogens is 1. The lowest BCUT2D eigenvalue weighted by Gasteiger charge is -2.16. The zero-order chi connectivity index (χ0) is 17.8. The first-order valence-corrected chi connectivity index (χ1v) is 10.2. The number of rotatable bonds is 5. The third-order valence-electron chi connectivity index (χ3n) is 4.26. The van der Waals surface area contributed by atoms with Crippen molar-refractivity contribution in [1.82, 2.24) is 0 Å². The maximum atomic E-state index is 5.96. The van der Waals surface area contributed by atoms with Gasteiger partial charge in [0.05, 0.1) is 5.71 Å². The normalized spacial score (nSPS) is 13.5. The monoisotopic (exact) mass is 423 g/mol. The molecule has 0 amide bonds. The van der Waals surface area contributed by atoms with Crippen LogP contribution in [0.1, 0.15) is 21.6 Å². The Bertz CT molecular complexity index is 959. The minimum Gasteiger partial charge on any atom is -0.489 e. The van der Waals surface area contributed by atoms with E-state index in [-0.39, 0.29) is 0 Å². The second-order valence-electron chi connectivity index (χ2n) is 6.11. The smallest absolute Gasteiger partial charge is 0.120 e. The number of thiophene rings is 1. The average Bonchev–Trinajstić information content (AvgIpc) is 3.10. The summed E-state index contributed by atoms with van der Waals surface area (Å²) in [5.74, 6) is 0.917. The van der Waals surface area contributed by atoms with E-state index in [2.05, 4.69) is 63.8 Å². The van der Waals surface area contributed by atoms with Crippen molar-refractivity contribution < 1.29 is 4.74 Å². The number of ether oxygens (including phenoxy) is 1. The number of hydrogen-bond acceptors (Lipinski definition) is 3. The van der Waals surface area contributed by atoms with Gasteiger partial charge in [-0.05, 0) is 69.9 Å². The molecule has 3 aromatic rings. The van der Waals surface area contributed by atoms with Crippen molar-refractivity contribution in [3.63, 3.8) is 0 Å². The van der Waals surface area contributed by atoms with Crippen molar-refractivity contribution in [2.45, 2.75) is 13.0 Å². The Balaban J connectivity index is 1.49. The first-order valence-electron chi connectivity index (χ1n) is 8.54. The summed E-state index contributed by atoms with van der Waals surface area (Å²) >= 11 is 5.21. The predicted molar refractivity (Wildman–Crippen MR) is 113 cm³/mol. The molecule has 1 aromatic heterocycles. The molecule has 0 unspecified atom stereocenters. The molecule has 2 aromatic carbocycles. The van der Waals surface area contributed by atoms with Crippen molar-refractivity contribution in [3.8, 4) is 5.75 Å². The Morgan fingerprint density at radius 3 is 2.77 bits per heavy atom. The van der Waals surface area contributed by atoms with Crippen LogP contribution >= 0.6 is 27.3 Å². The first kappa shape index (κ1) is 17.3. The molecule has 0 N–H and O–H groups in total. The van der Waals surface area contributed by atoms with Crippen LogP contribution in [0, 0.1) is 0 Å². The van der Waals surface area contributed by atoms with E-state index < -0.39 is 0 Å². The fourth-order valence-electron chi connectivity index (χ4n) is 2.96. The van der Waals surface area contributed by atoms with E-state index in [4.69, 9.17) is 9.73 Å². The molecule has 2 nitrogen and oxygen atoms in total. The number of aliphatic imine (C=N–C) groups is 1. The number of nitrogens with zero attached hydrogens (tertiary/aromatic N) is 1. The van der Waals surface area contributed by atoms with Gasteiger partial charge in [-0.2, -0.15) is 0 Å². The number of benzene rings is 2. The zero-order valence-corrected chi connectivity index (χ0v) is 16.6. The molecule has 0 radical (unpaired) electrons. The molecular formula is C22H18BrNOS. The van der Waals surface area contributed by atoms with E-state index in [0.717, 1.165) is 28.9 Å². The zero-order valence-electron chi connectivity index (χ0n) is 14.2. The van der Waals surface area contributed by atoms with Gasteiger partial charge < -0.3 is 4.74 Å². The summed E-state index contributed by atoms with van der Waals surface area (Å²) in [6, 6.07) is 18.7. The van der Waals surface area contributed by atoms with Gasteiger partial charge in [0, 0.05) is 26.8 Å². The molecule has 26 heavy (non-hydrogen) atoms. The van der Waals surface area contributed by atoms with Crippen molar-refractivity contribution in [2.75, 3.05) is 6.54 Å². The largest absolute Gasteiger partial charge is 0.489 e. The Hall–Kier alpha value is -2.17. The molecule has 0 saturated heterocycles. The summed E-state index contributed by atoms with van der Waals surface area (Å²) in [5, 5.41) is 2.09. The average molecular weight is 424 g/mol. The number of hydrogen-bond donors (Lipinski definition) is 0. The van der Waals surface area contributed by atoms with Crippen molar-refractivity contribution in [2.24, 2.45) is 4.99 Å².